The lowest BCUT2D eigenvalue weighted by Crippen LogP contribution is -2.54. The molecule has 0 saturated carbocycles. The van der Waals surface area contributed by atoms with E-state index in [0.717, 1.165) is 0 Å². The summed E-state index contributed by atoms with van der Waals surface area (Å²) in [6.07, 6.45) is 4.10. The Hall–Kier alpha value is -1.89. The van der Waals surface area contributed by atoms with E-state index in [9.17, 15) is 14.7 Å². The zero-order valence-corrected chi connectivity index (χ0v) is 11.4. The Kier molecular flexibility index (Phi) is 4.66. The van der Waals surface area contributed by atoms with Gasteiger partial charge >= 0.3 is 5.97 Å². The number of nitrogens with one attached hydrogen (secondary N) is 1. The first-order valence-corrected chi connectivity index (χ1v) is 6.09. The summed E-state index contributed by atoms with van der Waals surface area (Å²) in [6, 6.07) is -0.927. The maximum atomic E-state index is 12.0. The van der Waals surface area contributed by atoms with Gasteiger partial charge < -0.3 is 16.2 Å². The SMILES string of the molecule is CCCC(C)(NC(=O)C(N)c1cnn(C)c1)C(=O)O. The Balaban J connectivity index is 2.80. The molecule has 1 rings (SSSR count). The van der Waals surface area contributed by atoms with Crippen LogP contribution in [-0.4, -0.2) is 32.3 Å². The fraction of sp³-hybridized carbons (Fsp3) is 0.583. The molecule has 0 aliphatic carbocycles. The lowest BCUT2D eigenvalue weighted by atomic mass is 9.95. The zero-order chi connectivity index (χ0) is 14.6. The third-order valence-electron chi connectivity index (χ3n) is 2.99. The van der Waals surface area contributed by atoms with Crippen LogP contribution in [-0.2, 0) is 16.6 Å². The third kappa shape index (κ3) is 3.54. The molecule has 0 aliphatic rings. The molecule has 7 nitrogen and oxygen atoms in total. The minimum atomic E-state index is -1.30. The van der Waals surface area contributed by atoms with Gasteiger partial charge in [0.1, 0.15) is 11.6 Å². The second kappa shape index (κ2) is 5.83. The van der Waals surface area contributed by atoms with E-state index >= 15 is 0 Å². The molecule has 1 aromatic heterocycles. The summed E-state index contributed by atoms with van der Waals surface area (Å²) in [5.74, 6) is -1.59. The molecule has 0 aromatic carbocycles. The lowest BCUT2D eigenvalue weighted by Gasteiger charge is -2.27. The van der Waals surface area contributed by atoms with Gasteiger partial charge in [-0.2, -0.15) is 5.10 Å². The van der Waals surface area contributed by atoms with Crippen molar-refractivity contribution in [2.75, 3.05) is 0 Å². The lowest BCUT2D eigenvalue weighted by molar-refractivity contribution is -0.147. The van der Waals surface area contributed by atoms with Crippen molar-refractivity contribution < 1.29 is 14.7 Å². The highest BCUT2D eigenvalue weighted by molar-refractivity contribution is 5.89. The van der Waals surface area contributed by atoms with Crippen LogP contribution in [0.1, 0.15) is 38.3 Å². The molecule has 0 fully saturated rings. The van der Waals surface area contributed by atoms with E-state index in [1.54, 1.807) is 13.2 Å². The van der Waals surface area contributed by atoms with Crippen LogP contribution in [0.4, 0.5) is 0 Å². The number of hydrogen-bond donors (Lipinski definition) is 3. The van der Waals surface area contributed by atoms with Crippen molar-refractivity contribution in [2.24, 2.45) is 12.8 Å². The Bertz CT molecular complexity index is 471. The summed E-state index contributed by atoms with van der Waals surface area (Å²) < 4.78 is 1.53. The largest absolute Gasteiger partial charge is 0.480 e. The van der Waals surface area contributed by atoms with Crippen molar-refractivity contribution in [3.05, 3.63) is 18.0 Å². The van der Waals surface area contributed by atoms with Crippen LogP contribution >= 0.6 is 0 Å². The Morgan fingerprint density at radius 3 is 2.68 bits per heavy atom. The van der Waals surface area contributed by atoms with Crippen molar-refractivity contribution in [1.29, 1.82) is 0 Å². The predicted molar refractivity (Wildman–Crippen MR) is 69.2 cm³/mol. The first kappa shape index (κ1) is 15.2. The van der Waals surface area contributed by atoms with Crippen molar-refractivity contribution in [3.8, 4) is 0 Å². The summed E-state index contributed by atoms with van der Waals surface area (Å²) in [7, 11) is 1.71. The number of carboxylic acids is 1. The van der Waals surface area contributed by atoms with Gasteiger partial charge in [0.25, 0.3) is 0 Å². The molecule has 1 aromatic rings. The number of aliphatic carboxylic acids is 1. The van der Waals surface area contributed by atoms with Crippen molar-refractivity contribution in [1.82, 2.24) is 15.1 Å². The quantitative estimate of drug-likeness (QED) is 0.681. The smallest absolute Gasteiger partial charge is 0.329 e. The van der Waals surface area contributed by atoms with Gasteiger partial charge in [-0.25, -0.2) is 4.79 Å². The van der Waals surface area contributed by atoms with Crippen molar-refractivity contribution in [3.63, 3.8) is 0 Å². The van der Waals surface area contributed by atoms with E-state index in [4.69, 9.17) is 5.73 Å². The summed E-state index contributed by atoms with van der Waals surface area (Å²) >= 11 is 0. The number of carbonyl (C=O) groups excluding carboxylic acids is 1. The molecule has 4 N–H and O–H groups in total. The minimum absolute atomic E-state index is 0.341. The Morgan fingerprint density at radius 2 is 2.26 bits per heavy atom. The Labute approximate surface area is 111 Å². The minimum Gasteiger partial charge on any atom is -0.480 e. The molecule has 2 unspecified atom stereocenters. The molecule has 1 amide bonds. The number of aromatic nitrogens is 2. The Morgan fingerprint density at radius 1 is 1.63 bits per heavy atom. The van der Waals surface area contributed by atoms with Crippen LogP contribution in [0.3, 0.4) is 0 Å². The maximum Gasteiger partial charge on any atom is 0.329 e. The highest BCUT2D eigenvalue weighted by atomic mass is 16.4. The average molecular weight is 268 g/mol. The van der Waals surface area contributed by atoms with Gasteiger partial charge in [-0.3, -0.25) is 9.48 Å². The second-order valence-electron chi connectivity index (χ2n) is 4.80. The predicted octanol–water partition coefficient (Wildman–Crippen LogP) is 0.180. The summed E-state index contributed by atoms with van der Waals surface area (Å²) in [4.78, 5) is 23.2. The summed E-state index contributed by atoms with van der Waals surface area (Å²) in [5, 5.41) is 15.6. The number of nitrogens with zero attached hydrogens (tertiary/aromatic N) is 2. The van der Waals surface area contributed by atoms with Gasteiger partial charge in [0.2, 0.25) is 5.91 Å². The molecule has 0 radical (unpaired) electrons. The molecule has 0 saturated heterocycles. The van der Waals surface area contributed by atoms with Gasteiger partial charge in [-0.05, 0) is 13.3 Å². The number of hydrogen-bond acceptors (Lipinski definition) is 4. The van der Waals surface area contributed by atoms with Crippen LogP contribution in [0.25, 0.3) is 0 Å². The van der Waals surface area contributed by atoms with Crippen molar-refractivity contribution >= 4 is 11.9 Å². The zero-order valence-electron chi connectivity index (χ0n) is 11.4. The van der Waals surface area contributed by atoms with Crippen LogP contribution in [0.15, 0.2) is 12.4 Å². The summed E-state index contributed by atoms with van der Waals surface area (Å²) in [6.45, 7) is 3.33. The standard InChI is InChI=1S/C12H20N4O3/c1-4-5-12(2,11(18)19)15-10(17)9(13)8-6-14-16(3)7-8/h6-7,9H,4-5,13H2,1-3H3,(H,15,17)(H,18,19). The molecule has 2 atom stereocenters. The number of carboxylic acid groups (broad SMARTS) is 1. The summed E-state index contributed by atoms with van der Waals surface area (Å²) in [5.41, 5.74) is 5.04. The van der Waals surface area contributed by atoms with Crippen LogP contribution in [0.5, 0.6) is 0 Å². The number of aryl methyl sites for hydroxylation is 1. The fourth-order valence-electron chi connectivity index (χ4n) is 1.82. The number of nitrogens with two attached hydrogens (primary N) is 1. The van der Waals surface area contributed by atoms with Gasteiger partial charge in [0, 0.05) is 18.8 Å². The highest BCUT2D eigenvalue weighted by Gasteiger charge is 2.35. The van der Waals surface area contributed by atoms with Gasteiger partial charge in [-0.1, -0.05) is 13.3 Å². The average Bonchev–Trinajstić information content (AvgIpc) is 2.74. The topological polar surface area (TPSA) is 110 Å². The van der Waals surface area contributed by atoms with Crippen molar-refractivity contribution in [2.45, 2.75) is 38.3 Å². The van der Waals surface area contributed by atoms with Gasteiger partial charge in [0.05, 0.1) is 6.20 Å². The first-order chi connectivity index (χ1) is 8.80. The molecule has 7 heteroatoms. The number of amides is 1. The van der Waals surface area contributed by atoms with Crippen LogP contribution in [0.2, 0.25) is 0 Å². The number of carbonyl (C=O) groups is 2. The van der Waals surface area contributed by atoms with E-state index in [2.05, 4.69) is 10.4 Å². The molecule has 1 heterocycles. The normalized spacial score (nSPS) is 15.6. The molecule has 0 spiro atoms. The van der Waals surface area contributed by atoms with E-state index in [0.29, 0.717) is 18.4 Å². The molecule has 0 aliphatic heterocycles. The van der Waals surface area contributed by atoms with E-state index in [1.165, 1.54) is 17.8 Å². The van der Waals surface area contributed by atoms with E-state index < -0.39 is 23.5 Å². The van der Waals surface area contributed by atoms with Gasteiger partial charge in [0.15, 0.2) is 0 Å². The fourth-order valence-corrected chi connectivity index (χ4v) is 1.82. The van der Waals surface area contributed by atoms with E-state index in [1.807, 2.05) is 6.92 Å². The molecule has 19 heavy (non-hydrogen) atoms. The second-order valence-corrected chi connectivity index (χ2v) is 4.80. The first-order valence-electron chi connectivity index (χ1n) is 6.09. The highest BCUT2D eigenvalue weighted by Crippen LogP contribution is 2.16. The molecule has 106 valence electrons. The number of rotatable bonds is 6. The monoisotopic (exact) mass is 268 g/mol. The molecule has 0 bridgehead atoms. The van der Waals surface area contributed by atoms with Gasteiger partial charge in [-0.15, -0.1) is 0 Å². The van der Waals surface area contributed by atoms with E-state index in [-0.39, 0.29) is 0 Å². The molecular weight excluding hydrogens is 248 g/mol. The van der Waals surface area contributed by atoms with Crippen LogP contribution < -0.4 is 11.1 Å². The van der Waals surface area contributed by atoms with Crippen LogP contribution in [0, 0.1) is 0 Å². The maximum absolute atomic E-state index is 12.0. The molecular formula is C12H20N4O3. The third-order valence-corrected chi connectivity index (χ3v) is 2.99.